The highest BCUT2D eigenvalue weighted by molar-refractivity contribution is 7.98. The lowest BCUT2D eigenvalue weighted by molar-refractivity contribution is 0.391. The molecule has 0 radical (unpaired) electrons. The van der Waals surface area contributed by atoms with Crippen molar-refractivity contribution in [2.45, 2.75) is 17.9 Å². The van der Waals surface area contributed by atoms with E-state index >= 15 is 0 Å². The number of methoxy groups -OCH3 is 1. The van der Waals surface area contributed by atoms with E-state index in [-0.39, 0.29) is 11.1 Å². The molecule has 3 aromatic rings. The highest BCUT2D eigenvalue weighted by atomic mass is 32.2. The second kappa shape index (κ2) is 7.49. The number of ether oxygens (including phenoxy) is 1. The maximum atomic E-state index is 13.0. The second-order valence-corrected chi connectivity index (χ2v) is 6.58. The first-order valence-corrected chi connectivity index (χ1v) is 8.54. The average Bonchev–Trinajstić information content (AvgIpc) is 3.09. The normalized spacial score (nSPS) is 12.1. The molecular formula is C18H17FN2O2S. The van der Waals surface area contributed by atoms with Crippen LogP contribution in [-0.2, 0) is 5.75 Å². The van der Waals surface area contributed by atoms with Gasteiger partial charge in [-0.05, 0) is 36.8 Å². The second-order valence-electron chi connectivity index (χ2n) is 5.25. The number of aromatic nitrogens is 2. The fourth-order valence-electron chi connectivity index (χ4n) is 2.22. The number of benzene rings is 2. The van der Waals surface area contributed by atoms with Crippen molar-refractivity contribution < 1.29 is 13.7 Å². The van der Waals surface area contributed by atoms with Crippen molar-refractivity contribution in [2.24, 2.45) is 0 Å². The third kappa shape index (κ3) is 3.94. The first-order chi connectivity index (χ1) is 11.7. The van der Waals surface area contributed by atoms with E-state index in [1.807, 2.05) is 24.3 Å². The molecule has 0 aliphatic heterocycles. The highest BCUT2D eigenvalue weighted by Crippen LogP contribution is 2.31. The summed E-state index contributed by atoms with van der Waals surface area (Å²) in [6, 6.07) is 14.1. The van der Waals surface area contributed by atoms with Gasteiger partial charge < -0.3 is 9.26 Å². The Kier molecular flexibility index (Phi) is 5.15. The third-order valence-corrected chi connectivity index (χ3v) is 4.78. The number of halogens is 1. The van der Waals surface area contributed by atoms with Gasteiger partial charge in [0.1, 0.15) is 11.6 Å². The predicted octanol–water partition coefficient (Wildman–Crippen LogP) is 4.88. The fraction of sp³-hybridized carbons (Fsp3) is 0.222. The Balaban J connectivity index is 1.64. The van der Waals surface area contributed by atoms with Gasteiger partial charge in [0.25, 0.3) is 0 Å². The topological polar surface area (TPSA) is 48.2 Å². The Hall–Kier alpha value is -2.34. The monoisotopic (exact) mass is 344 g/mol. The number of rotatable bonds is 6. The molecule has 3 rings (SSSR count). The van der Waals surface area contributed by atoms with Gasteiger partial charge in [0, 0.05) is 10.8 Å². The molecule has 0 aliphatic carbocycles. The van der Waals surface area contributed by atoms with Crippen molar-refractivity contribution >= 4 is 11.8 Å². The summed E-state index contributed by atoms with van der Waals surface area (Å²) >= 11 is 1.66. The number of nitrogens with zero attached hydrogens (tertiary/aromatic N) is 2. The van der Waals surface area contributed by atoms with Crippen LogP contribution in [0.4, 0.5) is 4.39 Å². The number of hydrogen-bond donors (Lipinski definition) is 0. The predicted molar refractivity (Wildman–Crippen MR) is 92.4 cm³/mol. The Morgan fingerprint density at radius 3 is 2.75 bits per heavy atom. The van der Waals surface area contributed by atoms with Gasteiger partial charge in [0.05, 0.1) is 12.9 Å². The summed E-state index contributed by atoms with van der Waals surface area (Å²) in [5.74, 6) is 2.22. The molecule has 0 fully saturated rings. The highest BCUT2D eigenvalue weighted by Gasteiger charge is 2.12. The molecule has 124 valence electrons. The smallest absolute Gasteiger partial charge is 0.236 e. The van der Waals surface area contributed by atoms with Gasteiger partial charge >= 0.3 is 0 Å². The number of thioether (sulfide) groups is 1. The standard InChI is InChI=1S/C18H17FN2O2S/c1-12(13-6-8-15(19)9-7-13)24-11-17-20-18(21-23-17)14-4-3-5-16(10-14)22-2/h3-10,12H,11H2,1-2H3. The number of hydrogen-bond acceptors (Lipinski definition) is 5. The van der Waals surface area contributed by atoms with Crippen LogP contribution in [0.15, 0.2) is 53.1 Å². The first-order valence-electron chi connectivity index (χ1n) is 7.50. The Morgan fingerprint density at radius 1 is 1.21 bits per heavy atom. The van der Waals surface area contributed by atoms with Crippen molar-refractivity contribution in [3.63, 3.8) is 0 Å². The summed E-state index contributed by atoms with van der Waals surface area (Å²) in [6.45, 7) is 2.07. The Morgan fingerprint density at radius 2 is 2.00 bits per heavy atom. The molecule has 0 amide bonds. The lowest BCUT2D eigenvalue weighted by Crippen LogP contribution is -1.91. The van der Waals surface area contributed by atoms with Crippen LogP contribution in [0, 0.1) is 5.82 Å². The lowest BCUT2D eigenvalue weighted by atomic mass is 10.2. The Labute approximate surface area is 144 Å². The van der Waals surface area contributed by atoms with E-state index in [0.29, 0.717) is 17.5 Å². The summed E-state index contributed by atoms with van der Waals surface area (Å²) < 4.78 is 23.5. The SMILES string of the molecule is COc1cccc(-c2noc(CSC(C)c3ccc(F)cc3)n2)c1. The maximum absolute atomic E-state index is 13.0. The van der Waals surface area contributed by atoms with Gasteiger partial charge in [0.2, 0.25) is 11.7 Å². The van der Waals surface area contributed by atoms with Gasteiger partial charge in [-0.3, -0.25) is 0 Å². The van der Waals surface area contributed by atoms with Gasteiger partial charge in [0.15, 0.2) is 0 Å². The van der Waals surface area contributed by atoms with Gasteiger partial charge in [-0.15, -0.1) is 11.8 Å². The van der Waals surface area contributed by atoms with Gasteiger partial charge in [-0.25, -0.2) is 4.39 Å². The zero-order chi connectivity index (χ0) is 16.9. The zero-order valence-electron chi connectivity index (χ0n) is 13.4. The van der Waals surface area contributed by atoms with E-state index in [1.54, 1.807) is 31.0 Å². The molecule has 2 aromatic carbocycles. The van der Waals surface area contributed by atoms with Gasteiger partial charge in [-0.1, -0.05) is 29.4 Å². The van der Waals surface area contributed by atoms with Crippen LogP contribution in [-0.4, -0.2) is 17.3 Å². The van der Waals surface area contributed by atoms with Gasteiger partial charge in [-0.2, -0.15) is 4.98 Å². The molecular weight excluding hydrogens is 327 g/mol. The van der Waals surface area contributed by atoms with Crippen molar-refractivity contribution in [1.29, 1.82) is 0 Å². The Bertz CT molecular complexity index is 805. The van der Waals surface area contributed by atoms with Crippen LogP contribution in [0.2, 0.25) is 0 Å². The van der Waals surface area contributed by atoms with E-state index in [1.165, 1.54) is 12.1 Å². The van der Waals surface area contributed by atoms with E-state index in [0.717, 1.165) is 16.9 Å². The van der Waals surface area contributed by atoms with Crippen LogP contribution < -0.4 is 4.74 Å². The van der Waals surface area contributed by atoms with Crippen LogP contribution in [0.25, 0.3) is 11.4 Å². The zero-order valence-corrected chi connectivity index (χ0v) is 14.2. The minimum Gasteiger partial charge on any atom is -0.497 e. The largest absolute Gasteiger partial charge is 0.497 e. The molecule has 0 saturated carbocycles. The average molecular weight is 344 g/mol. The first kappa shape index (κ1) is 16.5. The molecule has 1 atom stereocenters. The summed E-state index contributed by atoms with van der Waals surface area (Å²) in [6.07, 6.45) is 0. The molecule has 0 aliphatic rings. The molecule has 0 spiro atoms. The molecule has 0 N–H and O–H groups in total. The van der Waals surface area contributed by atoms with E-state index < -0.39 is 0 Å². The summed E-state index contributed by atoms with van der Waals surface area (Å²) in [5.41, 5.74) is 1.91. The minimum absolute atomic E-state index is 0.206. The molecule has 0 saturated heterocycles. The van der Waals surface area contributed by atoms with Crippen molar-refractivity contribution in [1.82, 2.24) is 10.1 Å². The van der Waals surface area contributed by atoms with Crippen molar-refractivity contribution in [3.05, 3.63) is 65.8 Å². The molecule has 4 nitrogen and oxygen atoms in total. The molecule has 1 unspecified atom stereocenters. The van der Waals surface area contributed by atoms with Crippen molar-refractivity contribution in [2.75, 3.05) is 7.11 Å². The minimum atomic E-state index is -0.226. The maximum Gasteiger partial charge on any atom is 0.236 e. The third-order valence-electron chi connectivity index (χ3n) is 3.59. The summed E-state index contributed by atoms with van der Waals surface area (Å²) in [5, 5.41) is 4.23. The van der Waals surface area contributed by atoms with Crippen LogP contribution in [0.3, 0.4) is 0 Å². The van der Waals surface area contributed by atoms with Crippen LogP contribution >= 0.6 is 11.8 Å². The molecule has 1 heterocycles. The van der Waals surface area contributed by atoms with Crippen LogP contribution in [0.5, 0.6) is 5.75 Å². The molecule has 6 heteroatoms. The van der Waals surface area contributed by atoms with E-state index in [9.17, 15) is 4.39 Å². The van der Waals surface area contributed by atoms with E-state index in [4.69, 9.17) is 9.26 Å². The molecule has 1 aromatic heterocycles. The quantitative estimate of drug-likeness (QED) is 0.638. The summed E-state index contributed by atoms with van der Waals surface area (Å²) in [4.78, 5) is 4.42. The lowest BCUT2D eigenvalue weighted by Gasteiger charge is -2.09. The molecule has 24 heavy (non-hydrogen) atoms. The summed E-state index contributed by atoms with van der Waals surface area (Å²) in [7, 11) is 1.62. The van der Waals surface area contributed by atoms with Crippen LogP contribution in [0.1, 0.15) is 23.6 Å². The molecule has 0 bridgehead atoms. The fourth-order valence-corrected chi connectivity index (χ4v) is 3.08. The van der Waals surface area contributed by atoms with E-state index in [2.05, 4.69) is 17.1 Å². The van der Waals surface area contributed by atoms with Crippen molar-refractivity contribution in [3.8, 4) is 17.1 Å².